The fourth-order valence-corrected chi connectivity index (χ4v) is 6.20. The third-order valence-electron chi connectivity index (χ3n) is 8.39. The Morgan fingerprint density at radius 2 is 1.50 bits per heavy atom. The SMILES string of the molecule is CCCCCC1CCC(C2CC=C(c3ccc(-c4cc(F)c(/C=C/C(F)(F)F)c(F)c4)c(F)c3)CC2)CC1. The van der Waals surface area contributed by atoms with Crippen molar-refractivity contribution in [3.05, 3.63) is 71.1 Å². The summed E-state index contributed by atoms with van der Waals surface area (Å²) in [7, 11) is 0. The molecule has 2 aliphatic rings. The van der Waals surface area contributed by atoms with E-state index in [1.165, 1.54) is 63.5 Å². The van der Waals surface area contributed by atoms with Gasteiger partial charge in [0.2, 0.25) is 0 Å². The minimum Gasteiger partial charge on any atom is -0.206 e. The van der Waals surface area contributed by atoms with E-state index in [0.29, 0.717) is 12.0 Å². The summed E-state index contributed by atoms with van der Waals surface area (Å²) in [6, 6.07) is 6.34. The molecule has 0 bridgehead atoms. The standard InChI is InChI=1S/C32H36F6/c1-2-3-4-5-21-6-8-22(9-7-21)23-10-12-24(13-11-23)25-14-15-27(29(33)18-25)26-19-30(34)28(31(35)20-26)16-17-32(36,37)38/h12,14-23H,2-11,13H2,1H3/b17-16+. The predicted molar refractivity (Wildman–Crippen MR) is 142 cm³/mol. The summed E-state index contributed by atoms with van der Waals surface area (Å²) < 4.78 is 80.9. The van der Waals surface area contributed by atoms with Crippen LogP contribution < -0.4 is 0 Å². The highest BCUT2D eigenvalue weighted by molar-refractivity contribution is 5.72. The molecule has 0 aromatic heterocycles. The van der Waals surface area contributed by atoms with E-state index in [4.69, 9.17) is 0 Å². The van der Waals surface area contributed by atoms with Crippen molar-refractivity contribution in [3.63, 3.8) is 0 Å². The van der Waals surface area contributed by atoms with Crippen molar-refractivity contribution in [1.29, 1.82) is 0 Å². The van der Waals surface area contributed by atoms with Crippen LogP contribution in [0.5, 0.6) is 0 Å². The molecule has 1 atom stereocenters. The molecule has 38 heavy (non-hydrogen) atoms. The topological polar surface area (TPSA) is 0 Å². The molecule has 0 amide bonds. The van der Waals surface area contributed by atoms with Crippen LogP contribution in [0.15, 0.2) is 42.5 Å². The van der Waals surface area contributed by atoms with E-state index < -0.39 is 29.2 Å². The minimum atomic E-state index is -4.69. The van der Waals surface area contributed by atoms with Crippen molar-refractivity contribution in [3.8, 4) is 11.1 Å². The molecule has 1 unspecified atom stereocenters. The van der Waals surface area contributed by atoms with Gasteiger partial charge in [-0.3, -0.25) is 0 Å². The zero-order valence-electron chi connectivity index (χ0n) is 21.9. The first-order chi connectivity index (χ1) is 18.1. The highest BCUT2D eigenvalue weighted by Crippen LogP contribution is 2.42. The molecule has 0 heterocycles. The summed E-state index contributed by atoms with van der Waals surface area (Å²) >= 11 is 0. The molecule has 0 nitrogen and oxygen atoms in total. The second-order valence-corrected chi connectivity index (χ2v) is 11.0. The first kappa shape index (κ1) is 28.5. The Kier molecular flexibility index (Phi) is 9.43. The molecule has 0 saturated heterocycles. The fourth-order valence-electron chi connectivity index (χ4n) is 6.20. The molecule has 0 spiro atoms. The number of halogens is 6. The van der Waals surface area contributed by atoms with E-state index in [-0.39, 0.29) is 17.2 Å². The second-order valence-electron chi connectivity index (χ2n) is 11.0. The van der Waals surface area contributed by atoms with Crippen molar-refractivity contribution in [2.75, 3.05) is 0 Å². The highest BCUT2D eigenvalue weighted by atomic mass is 19.4. The number of hydrogen-bond acceptors (Lipinski definition) is 0. The Bertz CT molecular complexity index is 1130. The normalized spacial score (nSPS) is 22.6. The predicted octanol–water partition coefficient (Wildman–Crippen LogP) is 10.9. The van der Waals surface area contributed by atoms with Gasteiger partial charge in [0.15, 0.2) is 0 Å². The van der Waals surface area contributed by atoms with Gasteiger partial charge in [-0.05, 0) is 90.8 Å². The average molecular weight is 535 g/mol. The first-order valence-corrected chi connectivity index (χ1v) is 13.9. The lowest BCUT2D eigenvalue weighted by Crippen LogP contribution is -2.23. The van der Waals surface area contributed by atoms with Crippen LogP contribution in [0.4, 0.5) is 26.3 Å². The summed E-state index contributed by atoms with van der Waals surface area (Å²) in [4.78, 5) is 0. The second kappa shape index (κ2) is 12.6. The molecule has 2 aromatic rings. The molecule has 2 aliphatic carbocycles. The van der Waals surface area contributed by atoms with Crippen LogP contribution in [0.2, 0.25) is 0 Å². The van der Waals surface area contributed by atoms with Crippen LogP contribution in [0.25, 0.3) is 22.8 Å². The Labute approximate surface area is 221 Å². The number of alkyl halides is 3. The molecule has 4 rings (SSSR count). The maximum atomic E-state index is 15.0. The summed E-state index contributed by atoms with van der Waals surface area (Å²) in [5, 5.41) is 0. The van der Waals surface area contributed by atoms with Crippen molar-refractivity contribution in [2.24, 2.45) is 17.8 Å². The third-order valence-corrected chi connectivity index (χ3v) is 8.39. The average Bonchev–Trinajstić information content (AvgIpc) is 2.88. The van der Waals surface area contributed by atoms with Gasteiger partial charge in [0.1, 0.15) is 17.5 Å². The monoisotopic (exact) mass is 534 g/mol. The number of unbranched alkanes of at least 4 members (excludes halogenated alkanes) is 2. The van der Waals surface area contributed by atoms with Gasteiger partial charge in [0.05, 0.1) is 0 Å². The summed E-state index contributed by atoms with van der Waals surface area (Å²) in [5.41, 5.74) is 0.981. The van der Waals surface area contributed by atoms with E-state index in [2.05, 4.69) is 13.0 Å². The molecule has 1 saturated carbocycles. The molecule has 0 aliphatic heterocycles. The Morgan fingerprint density at radius 1 is 0.816 bits per heavy atom. The number of allylic oxidation sites excluding steroid dienone is 3. The van der Waals surface area contributed by atoms with Crippen LogP contribution >= 0.6 is 0 Å². The molecule has 206 valence electrons. The minimum absolute atomic E-state index is 0.00267. The van der Waals surface area contributed by atoms with Gasteiger partial charge in [0, 0.05) is 17.2 Å². The zero-order valence-corrected chi connectivity index (χ0v) is 21.9. The maximum Gasteiger partial charge on any atom is 0.409 e. The fraction of sp³-hybridized carbons (Fsp3) is 0.500. The first-order valence-electron chi connectivity index (χ1n) is 13.9. The Balaban J connectivity index is 1.39. The van der Waals surface area contributed by atoms with Crippen LogP contribution in [-0.2, 0) is 0 Å². The molecule has 0 N–H and O–H groups in total. The summed E-state index contributed by atoms with van der Waals surface area (Å²) in [5.74, 6) is -0.642. The van der Waals surface area contributed by atoms with Crippen molar-refractivity contribution >= 4 is 11.6 Å². The molecule has 0 radical (unpaired) electrons. The van der Waals surface area contributed by atoms with Crippen molar-refractivity contribution in [1.82, 2.24) is 0 Å². The molecular weight excluding hydrogens is 498 g/mol. The molecule has 2 aromatic carbocycles. The number of hydrogen-bond donors (Lipinski definition) is 0. The molecule has 1 fully saturated rings. The van der Waals surface area contributed by atoms with Gasteiger partial charge in [-0.1, -0.05) is 63.7 Å². The van der Waals surface area contributed by atoms with Gasteiger partial charge >= 0.3 is 6.18 Å². The molecular formula is C32H36F6. The van der Waals surface area contributed by atoms with E-state index in [0.717, 1.165) is 54.4 Å². The van der Waals surface area contributed by atoms with Gasteiger partial charge in [-0.25, -0.2) is 13.2 Å². The number of rotatable bonds is 8. The van der Waals surface area contributed by atoms with Gasteiger partial charge < -0.3 is 0 Å². The maximum absolute atomic E-state index is 15.0. The largest absolute Gasteiger partial charge is 0.409 e. The van der Waals surface area contributed by atoms with Gasteiger partial charge in [-0.15, -0.1) is 0 Å². The van der Waals surface area contributed by atoms with E-state index in [1.807, 2.05) is 0 Å². The third kappa shape index (κ3) is 7.33. The Morgan fingerprint density at radius 3 is 2.08 bits per heavy atom. The van der Waals surface area contributed by atoms with Gasteiger partial charge in [-0.2, -0.15) is 13.2 Å². The summed E-state index contributed by atoms with van der Waals surface area (Å²) in [6.07, 6.45) is 11.2. The number of benzene rings is 2. The lowest BCUT2D eigenvalue weighted by molar-refractivity contribution is -0.0790. The summed E-state index contributed by atoms with van der Waals surface area (Å²) in [6.45, 7) is 2.25. The quantitative estimate of drug-likeness (QED) is 0.233. The van der Waals surface area contributed by atoms with Crippen LogP contribution in [0.3, 0.4) is 0 Å². The van der Waals surface area contributed by atoms with E-state index in [9.17, 15) is 22.0 Å². The zero-order chi connectivity index (χ0) is 27.3. The lowest BCUT2D eigenvalue weighted by atomic mass is 9.70. The van der Waals surface area contributed by atoms with Crippen LogP contribution in [-0.4, -0.2) is 6.18 Å². The lowest BCUT2D eigenvalue weighted by Gasteiger charge is -2.35. The van der Waals surface area contributed by atoms with Crippen molar-refractivity contribution in [2.45, 2.75) is 83.7 Å². The van der Waals surface area contributed by atoms with Crippen LogP contribution in [0, 0.1) is 35.2 Å². The van der Waals surface area contributed by atoms with Crippen molar-refractivity contribution < 1.29 is 26.3 Å². The smallest absolute Gasteiger partial charge is 0.206 e. The van der Waals surface area contributed by atoms with Crippen LogP contribution in [0.1, 0.15) is 88.7 Å². The molecule has 6 heteroatoms. The van der Waals surface area contributed by atoms with E-state index >= 15 is 4.39 Å². The Hall–Kier alpha value is -2.50. The van der Waals surface area contributed by atoms with E-state index in [1.54, 1.807) is 6.07 Å². The highest BCUT2D eigenvalue weighted by Gasteiger charge is 2.29. The van der Waals surface area contributed by atoms with Gasteiger partial charge in [0.25, 0.3) is 0 Å².